The van der Waals surface area contributed by atoms with Gasteiger partial charge in [-0.25, -0.2) is 4.39 Å². The Labute approximate surface area is 140 Å². The Bertz CT molecular complexity index is 659. The molecule has 2 aromatic rings. The predicted molar refractivity (Wildman–Crippen MR) is 89.2 cm³/mol. The second-order valence-corrected chi connectivity index (χ2v) is 6.42. The van der Waals surface area contributed by atoms with Crippen molar-refractivity contribution in [3.05, 3.63) is 57.3 Å². The molecule has 1 atom stereocenters. The van der Waals surface area contributed by atoms with Crippen LogP contribution in [0, 0.1) is 12.7 Å². The Morgan fingerprint density at radius 2 is 1.62 bits per heavy atom. The maximum Gasteiger partial charge on any atom is 0.163 e. The van der Waals surface area contributed by atoms with E-state index in [1.165, 1.54) is 20.3 Å². The average Bonchev–Trinajstić information content (AvgIpc) is 2.46. The topological polar surface area (TPSA) is 18.5 Å². The molecule has 0 fully saturated rings. The molecule has 2 aromatic carbocycles. The zero-order valence-electron chi connectivity index (χ0n) is 11.9. The van der Waals surface area contributed by atoms with Gasteiger partial charge in [0.25, 0.3) is 0 Å². The molecule has 0 aliphatic heterocycles. The van der Waals surface area contributed by atoms with E-state index >= 15 is 0 Å². The van der Waals surface area contributed by atoms with Crippen molar-refractivity contribution in [2.45, 2.75) is 11.8 Å². The molecular formula is C16H15Br2FO2. The molecule has 2 nitrogen and oxygen atoms in total. The highest BCUT2D eigenvalue weighted by Crippen LogP contribution is 2.39. The standard InChI is InChI=1S/C16H15Br2FO2/c1-9-6-10(17)4-5-11(9)16(18)12-7-14(20-2)15(21-3)8-13(12)19/h4-8,16H,1-3H3. The maximum atomic E-state index is 14.3. The number of hydrogen-bond acceptors (Lipinski definition) is 2. The van der Waals surface area contributed by atoms with Crippen molar-refractivity contribution in [1.82, 2.24) is 0 Å². The average molecular weight is 418 g/mol. The van der Waals surface area contributed by atoms with Gasteiger partial charge < -0.3 is 9.47 Å². The molecule has 0 amide bonds. The van der Waals surface area contributed by atoms with Gasteiger partial charge in [0.15, 0.2) is 11.5 Å². The lowest BCUT2D eigenvalue weighted by atomic mass is 9.99. The van der Waals surface area contributed by atoms with Crippen molar-refractivity contribution in [2.24, 2.45) is 0 Å². The van der Waals surface area contributed by atoms with Gasteiger partial charge in [-0.1, -0.05) is 37.9 Å². The number of ether oxygens (including phenoxy) is 2. The summed E-state index contributed by atoms with van der Waals surface area (Å²) in [5.74, 6) is 0.552. The van der Waals surface area contributed by atoms with Crippen molar-refractivity contribution in [3.8, 4) is 11.5 Å². The molecule has 0 bridgehead atoms. The van der Waals surface area contributed by atoms with Gasteiger partial charge in [0.2, 0.25) is 0 Å². The number of methoxy groups -OCH3 is 2. The Morgan fingerprint density at radius 3 is 2.19 bits per heavy atom. The molecule has 0 saturated carbocycles. The summed E-state index contributed by atoms with van der Waals surface area (Å²) in [6.45, 7) is 1.99. The molecule has 0 radical (unpaired) electrons. The van der Waals surface area contributed by atoms with Crippen molar-refractivity contribution in [2.75, 3.05) is 14.2 Å². The van der Waals surface area contributed by atoms with Crippen LogP contribution < -0.4 is 9.47 Å². The number of halogens is 3. The molecule has 0 aromatic heterocycles. The van der Waals surface area contributed by atoms with E-state index in [9.17, 15) is 4.39 Å². The smallest absolute Gasteiger partial charge is 0.163 e. The summed E-state index contributed by atoms with van der Waals surface area (Å²) in [6, 6.07) is 8.91. The number of rotatable bonds is 4. The lowest BCUT2D eigenvalue weighted by molar-refractivity contribution is 0.351. The van der Waals surface area contributed by atoms with E-state index in [-0.39, 0.29) is 10.6 Å². The molecule has 0 heterocycles. The quantitative estimate of drug-likeness (QED) is 0.620. The summed E-state index contributed by atoms with van der Waals surface area (Å²) in [6.07, 6.45) is 0. The summed E-state index contributed by atoms with van der Waals surface area (Å²) in [7, 11) is 3.02. The summed E-state index contributed by atoms with van der Waals surface area (Å²) in [4.78, 5) is -0.259. The van der Waals surface area contributed by atoms with Crippen molar-refractivity contribution < 1.29 is 13.9 Å². The predicted octanol–water partition coefficient (Wildman–Crippen LogP) is 5.40. The minimum Gasteiger partial charge on any atom is -0.493 e. The summed E-state index contributed by atoms with van der Waals surface area (Å²) in [5, 5.41) is 0. The molecule has 0 aliphatic carbocycles. The molecule has 1 unspecified atom stereocenters. The molecule has 0 spiro atoms. The first-order valence-corrected chi connectivity index (χ1v) is 8.00. The van der Waals surface area contributed by atoms with Crippen molar-refractivity contribution in [1.29, 1.82) is 0 Å². The molecule has 2 rings (SSSR count). The van der Waals surface area contributed by atoms with Crippen LogP contribution in [-0.4, -0.2) is 14.2 Å². The molecule has 21 heavy (non-hydrogen) atoms. The largest absolute Gasteiger partial charge is 0.493 e. The normalized spacial score (nSPS) is 12.1. The highest BCUT2D eigenvalue weighted by Gasteiger charge is 2.20. The second-order valence-electron chi connectivity index (χ2n) is 4.59. The molecule has 5 heteroatoms. The van der Waals surface area contributed by atoms with Crippen LogP contribution in [0.2, 0.25) is 0 Å². The molecule has 0 aliphatic rings. The van der Waals surface area contributed by atoms with Crippen LogP contribution in [0.1, 0.15) is 21.5 Å². The minimum atomic E-state index is -0.336. The fourth-order valence-electron chi connectivity index (χ4n) is 2.16. The van der Waals surface area contributed by atoms with Crippen LogP contribution in [0.25, 0.3) is 0 Å². The number of alkyl halides is 1. The summed E-state index contributed by atoms with van der Waals surface area (Å²) < 4.78 is 25.7. The van der Waals surface area contributed by atoms with E-state index in [1.807, 2.05) is 25.1 Å². The van der Waals surface area contributed by atoms with E-state index in [4.69, 9.17) is 9.47 Å². The molecule has 0 saturated heterocycles. The van der Waals surface area contributed by atoms with E-state index in [0.717, 1.165) is 15.6 Å². The van der Waals surface area contributed by atoms with Crippen molar-refractivity contribution >= 4 is 31.9 Å². The highest BCUT2D eigenvalue weighted by molar-refractivity contribution is 9.10. The van der Waals surface area contributed by atoms with Gasteiger partial charge in [-0.2, -0.15) is 0 Å². The van der Waals surface area contributed by atoms with Gasteiger partial charge in [0.1, 0.15) is 5.82 Å². The van der Waals surface area contributed by atoms with Gasteiger partial charge in [0, 0.05) is 16.1 Å². The van der Waals surface area contributed by atoms with E-state index < -0.39 is 0 Å². The first-order valence-electron chi connectivity index (χ1n) is 6.29. The lowest BCUT2D eigenvalue weighted by Crippen LogP contribution is -2.01. The van der Waals surface area contributed by atoms with Crippen LogP contribution in [0.5, 0.6) is 11.5 Å². The molecule has 0 N–H and O–H groups in total. The second kappa shape index (κ2) is 6.79. The summed E-state index contributed by atoms with van der Waals surface area (Å²) in [5.41, 5.74) is 2.59. The SMILES string of the molecule is COc1cc(F)c(C(Br)c2ccc(Br)cc2C)cc1OC. The van der Waals surface area contributed by atoms with Crippen LogP contribution >= 0.6 is 31.9 Å². The molecule has 112 valence electrons. The summed E-state index contributed by atoms with van der Waals surface area (Å²) >= 11 is 7.01. The van der Waals surface area contributed by atoms with E-state index in [2.05, 4.69) is 31.9 Å². The number of benzene rings is 2. The Morgan fingerprint density at radius 1 is 1.00 bits per heavy atom. The Balaban J connectivity index is 2.50. The third kappa shape index (κ3) is 3.40. The van der Waals surface area contributed by atoms with Gasteiger partial charge >= 0.3 is 0 Å². The maximum absolute atomic E-state index is 14.3. The van der Waals surface area contributed by atoms with Crippen LogP contribution in [0.15, 0.2) is 34.8 Å². The van der Waals surface area contributed by atoms with Gasteiger partial charge in [-0.05, 0) is 36.2 Å². The number of aryl methyl sites for hydroxylation is 1. The zero-order valence-corrected chi connectivity index (χ0v) is 15.1. The third-order valence-electron chi connectivity index (χ3n) is 3.28. The van der Waals surface area contributed by atoms with Gasteiger partial charge in [-0.3, -0.25) is 0 Å². The van der Waals surface area contributed by atoms with Gasteiger partial charge in [-0.15, -0.1) is 0 Å². The number of hydrogen-bond donors (Lipinski definition) is 0. The van der Waals surface area contributed by atoms with Gasteiger partial charge in [0.05, 0.1) is 19.0 Å². The molecular weight excluding hydrogens is 403 g/mol. The van der Waals surface area contributed by atoms with Crippen LogP contribution in [-0.2, 0) is 0 Å². The van der Waals surface area contributed by atoms with Crippen molar-refractivity contribution in [3.63, 3.8) is 0 Å². The first kappa shape index (κ1) is 16.3. The monoisotopic (exact) mass is 416 g/mol. The van der Waals surface area contributed by atoms with Crippen LogP contribution in [0.4, 0.5) is 4.39 Å². The lowest BCUT2D eigenvalue weighted by Gasteiger charge is -2.17. The Hall–Kier alpha value is -1.07. The van der Waals surface area contributed by atoms with Crippen LogP contribution in [0.3, 0.4) is 0 Å². The van der Waals surface area contributed by atoms with E-state index in [0.29, 0.717) is 17.1 Å². The fraction of sp³-hybridized carbons (Fsp3) is 0.250. The Kier molecular flexibility index (Phi) is 5.27. The minimum absolute atomic E-state index is 0.259. The first-order chi connectivity index (χ1) is 9.97. The fourth-order valence-corrected chi connectivity index (χ4v) is 3.50. The third-order valence-corrected chi connectivity index (χ3v) is 4.76. The highest BCUT2D eigenvalue weighted by atomic mass is 79.9. The van der Waals surface area contributed by atoms with E-state index in [1.54, 1.807) is 6.07 Å². The zero-order chi connectivity index (χ0) is 15.6.